The Labute approximate surface area is 157 Å². The van der Waals surface area contributed by atoms with Crippen LogP contribution in [-0.4, -0.2) is 61.1 Å². The zero-order valence-electron chi connectivity index (χ0n) is 15.7. The van der Waals surface area contributed by atoms with Crippen LogP contribution >= 0.6 is 0 Å². The van der Waals surface area contributed by atoms with E-state index in [1.807, 2.05) is 13.8 Å². The van der Waals surface area contributed by atoms with Crippen molar-refractivity contribution in [2.75, 3.05) is 33.4 Å². The maximum Gasteiger partial charge on any atom is 0.338 e. The van der Waals surface area contributed by atoms with Crippen LogP contribution in [0.5, 0.6) is 5.75 Å². The third-order valence-corrected chi connectivity index (χ3v) is 4.86. The van der Waals surface area contributed by atoms with Crippen molar-refractivity contribution in [3.8, 4) is 5.75 Å². The van der Waals surface area contributed by atoms with E-state index in [4.69, 9.17) is 9.47 Å². The molecule has 144 valence electrons. The first kappa shape index (κ1) is 18.8. The van der Waals surface area contributed by atoms with Crippen molar-refractivity contribution >= 4 is 17.9 Å². The summed E-state index contributed by atoms with van der Waals surface area (Å²) >= 11 is 0. The molecule has 1 aromatic carbocycles. The molecule has 8 nitrogen and oxygen atoms in total. The number of rotatable bonds is 6. The minimum Gasteiger partial charge on any atom is -0.497 e. The van der Waals surface area contributed by atoms with Gasteiger partial charge in [0.1, 0.15) is 18.9 Å². The summed E-state index contributed by atoms with van der Waals surface area (Å²) < 4.78 is 10.3. The van der Waals surface area contributed by atoms with Gasteiger partial charge in [-0.2, -0.15) is 0 Å². The Balaban J connectivity index is 1.92. The molecule has 0 aliphatic carbocycles. The number of amides is 3. The van der Waals surface area contributed by atoms with E-state index in [1.165, 1.54) is 4.90 Å². The lowest BCUT2D eigenvalue weighted by atomic mass is 9.95. The lowest BCUT2D eigenvalue weighted by Gasteiger charge is -2.33. The zero-order valence-corrected chi connectivity index (χ0v) is 15.7. The fourth-order valence-electron chi connectivity index (χ4n) is 3.34. The molecule has 3 amide bonds. The Bertz CT molecular complexity index is 783. The highest BCUT2D eigenvalue weighted by molar-refractivity contribution is 5.98. The molecule has 8 heteroatoms. The third-order valence-electron chi connectivity index (χ3n) is 4.86. The van der Waals surface area contributed by atoms with Crippen LogP contribution in [0.1, 0.15) is 25.5 Å². The Morgan fingerprint density at radius 1 is 1.26 bits per heavy atom. The van der Waals surface area contributed by atoms with Gasteiger partial charge in [-0.25, -0.2) is 9.59 Å². The molecular formula is C19H23N3O5. The predicted octanol–water partition coefficient (Wildman–Crippen LogP) is 1.44. The number of urea groups is 1. The topological polar surface area (TPSA) is 88.2 Å². The average Bonchev–Trinajstić information content (AvgIpc) is 3.06. The number of esters is 1. The van der Waals surface area contributed by atoms with Crippen molar-refractivity contribution < 1.29 is 23.9 Å². The Kier molecular flexibility index (Phi) is 5.34. The lowest BCUT2D eigenvalue weighted by molar-refractivity contribution is -0.136. The van der Waals surface area contributed by atoms with Crippen molar-refractivity contribution in [2.24, 2.45) is 0 Å². The largest absolute Gasteiger partial charge is 0.497 e. The van der Waals surface area contributed by atoms with Gasteiger partial charge in [-0.1, -0.05) is 12.1 Å². The molecule has 0 bridgehead atoms. The second-order valence-electron chi connectivity index (χ2n) is 6.24. The summed E-state index contributed by atoms with van der Waals surface area (Å²) in [6.07, 6.45) is 0. The van der Waals surface area contributed by atoms with E-state index >= 15 is 0 Å². The predicted molar refractivity (Wildman–Crippen MR) is 96.9 cm³/mol. The normalized spacial score (nSPS) is 18.8. The summed E-state index contributed by atoms with van der Waals surface area (Å²) in [7, 11) is 1.57. The van der Waals surface area contributed by atoms with Crippen LogP contribution in [0.15, 0.2) is 35.5 Å². The van der Waals surface area contributed by atoms with Crippen molar-refractivity contribution in [2.45, 2.75) is 19.9 Å². The average molecular weight is 373 g/mol. The van der Waals surface area contributed by atoms with Crippen molar-refractivity contribution in [1.29, 1.82) is 0 Å². The number of ether oxygens (including phenoxy) is 2. The molecule has 27 heavy (non-hydrogen) atoms. The number of methoxy groups -OCH3 is 1. The molecule has 1 unspecified atom stereocenters. The summed E-state index contributed by atoms with van der Waals surface area (Å²) in [6, 6.07) is 6.06. The number of cyclic esters (lactones) is 1. The van der Waals surface area contributed by atoms with Gasteiger partial charge in [0.05, 0.1) is 24.4 Å². The molecule has 0 spiro atoms. The Morgan fingerprint density at radius 2 is 1.93 bits per heavy atom. The van der Waals surface area contributed by atoms with Crippen LogP contribution in [-0.2, 0) is 14.3 Å². The Hall–Kier alpha value is -3.03. The van der Waals surface area contributed by atoms with Crippen molar-refractivity contribution in [3.05, 3.63) is 41.1 Å². The summed E-state index contributed by atoms with van der Waals surface area (Å²) in [5.41, 5.74) is 1.56. The minimum absolute atomic E-state index is 0.0141. The van der Waals surface area contributed by atoms with E-state index in [9.17, 15) is 14.4 Å². The monoisotopic (exact) mass is 373 g/mol. The molecular weight excluding hydrogens is 350 g/mol. The summed E-state index contributed by atoms with van der Waals surface area (Å²) in [6.45, 7) is 4.73. The fourth-order valence-corrected chi connectivity index (χ4v) is 3.34. The number of nitrogens with zero attached hydrogens (tertiary/aromatic N) is 2. The van der Waals surface area contributed by atoms with E-state index in [0.717, 1.165) is 5.56 Å². The van der Waals surface area contributed by atoms with E-state index < -0.39 is 18.0 Å². The van der Waals surface area contributed by atoms with Crippen LogP contribution in [0.3, 0.4) is 0 Å². The van der Waals surface area contributed by atoms with E-state index in [0.29, 0.717) is 30.1 Å². The molecule has 1 aromatic rings. The molecule has 0 aromatic heterocycles. The van der Waals surface area contributed by atoms with Gasteiger partial charge in [-0.05, 0) is 31.5 Å². The van der Waals surface area contributed by atoms with E-state index in [2.05, 4.69) is 5.32 Å². The van der Waals surface area contributed by atoms with Crippen LogP contribution < -0.4 is 10.1 Å². The van der Waals surface area contributed by atoms with Gasteiger partial charge in [0.2, 0.25) is 5.91 Å². The molecule has 3 rings (SSSR count). The van der Waals surface area contributed by atoms with E-state index in [-0.39, 0.29) is 19.1 Å². The van der Waals surface area contributed by atoms with Gasteiger partial charge in [0, 0.05) is 13.1 Å². The number of carbonyl (C=O) groups excluding carboxylic acids is 3. The number of nitrogens with one attached hydrogen (secondary N) is 1. The highest BCUT2D eigenvalue weighted by Gasteiger charge is 2.42. The number of benzene rings is 1. The van der Waals surface area contributed by atoms with Gasteiger partial charge >= 0.3 is 12.0 Å². The van der Waals surface area contributed by atoms with Gasteiger partial charge in [0.25, 0.3) is 0 Å². The summed E-state index contributed by atoms with van der Waals surface area (Å²) in [5.74, 6) is 0.0193. The van der Waals surface area contributed by atoms with Crippen molar-refractivity contribution in [3.63, 3.8) is 0 Å². The summed E-state index contributed by atoms with van der Waals surface area (Å²) in [5, 5.41) is 2.82. The highest BCUT2D eigenvalue weighted by atomic mass is 16.5. The highest BCUT2D eigenvalue weighted by Crippen LogP contribution is 2.35. The van der Waals surface area contributed by atoms with Crippen LogP contribution in [0, 0.1) is 0 Å². The molecule has 0 saturated carbocycles. The minimum atomic E-state index is -0.617. The maximum absolute atomic E-state index is 12.7. The first-order valence-corrected chi connectivity index (χ1v) is 8.90. The molecule has 1 N–H and O–H groups in total. The third kappa shape index (κ3) is 3.47. The molecule has 2 heterocycles. The molecule has 2 aliphatic heterocycles. The first-order chi connectivity index (χ1) is 13.0. The van der Waals surface area contributed by atoms with Crippen molar-refractivity contribution in [1.82, 2.24) is 15.1 Å². The number of carbonyl (C=O) groups is 3. The molecule has 1 atom stereocenters. The molecule has 0 saturated heterocycles. The van der Waals surface area contributed by atoms with Gasteiger partial charge < -0.3 is 19.7 Å². The van der Waals surface area contributed by atoms with Crippen LogP contribution in [0.4, 0.5) is 4.79 Å². The fraction of sp³-hybridized carbons (Fsp3) is 0.421. The van der Waals surface area contributed by atoms with Gasteiger partial charge in [-0.3, -0.25) is 9.69 Å². The first-order valence-electron chi connectivity index (χ1n) is 8.90. The second kappa shape index (κ2) is 7.69. The lowest BCUT2D eigenvalue weighted by Crippen LogP contribution is -2.51. The van der Waals surface area contributed by atoms with Crippen LogP contribution in [0.25, 0.3) is 0 Å². The van der Waals surface area contributed by atoms with Gasteiger partial charge in [0.15, 0.2) is 0 Å². The molecule has 2 aliphatic rings. The Morgan fingerprint density at radius 3 is 2.52 bits per heavy atom. The second-order valence-corrected chi connectivity index (χ2v) is 6.24. The smallest absolute Gasteiger partial charge is 0.338 e. The van der Waals surface area contributed by atoms with Crippen LogP contribution in [0.2, 0.25) is 0 Å². The quantitative estimate of drug-likeness (QED) is 0.763. The van der Waals surface area contributed by atoms with Gasteiger partial charge in [-0.15, -0.1) is 0 Å². The maximum atomic E-state index is 12.7. The molecule has 0 fully saturated rings. The van der Waals surface area contributed by atoms with E-state index in [1.54, 1.807) is 36.3 Å². The standard InChI is InChI=1S/C19H23N3O5/c1-4-21(5-2)15(23)10-22-14-11-27-18(24)16(14)17(20-19(22)25)12-6-8-13(26-3)9-7-12/h6-9,17H,4-5,10-11H2,1-3H3,(H,20,25). The summed E-state index contributed by atoms with van der Waals surface area (Å²) in [4.78, 5) is 40.4. The number of hydrogen-bond donors (Lipinski definition) is 1. The SMILES string of the molecule is CCN(CC)C(=O)CN1C(=O)NC(c2ccc(OC)cc2)C2=C1COC2=O. The zero-order chi connectivity index (χ0) is 19.6. The molecule has 0 radical (unpaired) electrons. The number of hydrogen-bond acceptors (Lipinski definition) is 5. The number of likely N-dealkylation sites (N-methyl/N-ethyl adjacent to an activating group) is 1.